The fraction of sp³-hybridized carbons (Fsp3) is 0.308. The van der Waals surface area contributed by atoms with Gasteiger partial charge in [-0.25, -0.2) is 9.67 Å². The summed E-state index contributed by atoms with van der Waals surface area (Å²) < 4.78 is 13.2. The van der Waals surface area contributed by atoms with E-state index in [1.54, 1.807) is 23.1 Å². The first-order chi connectivity index (χ1) is 9.32. The van der Waals surface area contributed by atoms with Crippen LogP contribution < -0.4 is 0 Å². The van der Waals surface area contributed by atoms with Gasteiger partial charge in [0.2, 0.25) is 5.79 Å². The van der Waals surface area contributed by atoms with Crippen LogP contribution in [0.1, 0.15) is 11.1 Å². The van der Waals surface area contributed by atoms with Gasteiger partial charge in [0, 0.05) is 5.56 Å². The molecule has 19 heavy (non-hydrogen) atoms. The van der Waals surface area contributed by atoms with Crippen molar-refractivity contribution in [2.75, 3.05) is 13.2 Å². The lowest BCUT2D eigenvalue weighted by Gasteiger charge is -2.27. The van der Waals surface area contributed by atoms with Gasteiger partial charge < -0.3 is 9.47 Å². The fourth-order valence-electron chi connectivity index (χ4n) is 2.13. The number of ether oxygens (including phenoxy) is 2. The monoisotopic (exact) mass is 256 g/mol. The molecular formula is C13H12N4O2. The molecule has 1 aromatic carbocycles. The fourth-order valence-corrected chi connectivity index (χ4v) is 2.13. The maximum atomic E-state index is 8.83. The first kappa shape index (κ1) is 11.8. The summed E-state index contributed by atoms with van der Waals surface area (Å²) in [5.74, 6) is -0.846. The van der Waals surface area contributed by atoms with Gasteiger partial charge in [-0.05, 0) is 12.1 Å². The number of hydrogen-bond acceptors (Lipinski definition) is 5. The smallest absolute Gasteiger partial charge is 0.215 e. The van der Waals surface area contributed by atoms with Crippen molar-refractivity contribution in [3.05, 3.63) is 48.0 Å². The van der Waals surface area contributed by atoms with Crippen molar-refractivity contribution < 1.29 is 9.47 Å². The van der Waals surface area contributed by atoms with Gasteiger partial charge in [-0.1, -0.05) is 12.1 Å². The Kier molecular flexibility index (Phi) is 2.99. The van der Waals surface area contributed by atoms with E-state index in [-0.39, 0.29) is 0 Å². The summed E-state index contributed by atoms with van der Waals surface area (Å²) in [7, 11) is 0. The zero-order valence-corrected chi connectivity index (χ0v) is 10.2. The second-order valence-corrected chi connectivity index (χ2v) is 4.23. The molecule has 0 aliphatic carbocycles. The topological polar surface area (TPSA) is 73.0 Å². The van der Waals surface area contributed by atoms with Crippen LogP contribution in [0.2, 0.25) is 0 Å². The maximum Gasteiger partial charge on any atom is 0.215 e. The molecule has 3 rings (SSSR count). The molecule has 0 unspecified atom stereocenters. The molecule has 0 saturated carbocycles. The van der Waals surface area contributed by atoms with E-state index in [1.807, 2.05) is 12.1 Å². The molecule has 6 nitrogen and oxygen atoms in total. The van der Waals surface area contributed by atoms with E-state index in [2.05, 4.69) is 16.2 Å². The summed E-state index contributed by atoms with van der Waals surface area (Å²) in [6, 6.07) is 9.30. The van der Waals surface area contributed by atoms with Crippen LogP contribution in [0.4, 0.5) is 0 Å². The van der Waals surface area contributed by atoms with Gasteiger partial charge in [-0.2, -0.15) is 10.4 Å². The molecule has 2 heterocycles. The van der Waals surface area contributed by atoms with Gasteiger partial charge in [0.05, 0.1) is 24.8 Å². The quantitative estimate of drug-likeness (QED) is 0.820. The standard InChI is InChI=1S/C13H12N4O2/c14-7-11-1-3-12(4-2-11)13(18-5-6-19-13)8-17-10-15-9-16-17/h1-4,9-10H,5-6,8H2. The number of hydrogen-bond donors (Lipinski definition) is 0. The first-order valence-corrected chi connectivity index (χ1v) is 5.93. The van der Waals surface area contributed by atoms with Crippen LogP contribution in [0.25, 0.3) is 0 Å². The highest BCUT2D eigenvalue weighted by atomic mass is 16.7. The van der Waals surface area contributed by atoms with Crippen molar-refractivity contribution in [2.24, 2.45) is 0 Å². The van der Waals surface area contributed by atoms with Gasteiger partial charge in [-0.15, -0.1) is 0 Å². The summed E-state index contributed by atoms with van der Waals surface area (Å²) in [4.78, 5) is 3.91. The Bertz CT molecular complexity index is 580. The van der Waals surface area contributed by atoms with Crippen molar-refractivity contribution in [3.63, 3.8) is 0 Å². The minimum Gasteiger partial charge on any atom is -0.342 e. The lowest BCUT2D eigenvalue weighted by atomic mass is 10.0. The molecule has 0 amide bonds. The third-order valence-corrected chi connectivity index (χ3v) is 3.04. The predicted molar refractivity (Wildman–Crippen MR) is 64.8 cm³/mol. The van der Waals surface area contributed by atoms with E-state index in [0.29, 0.717) is 25.3 Å². The van der Waals surface area contributed by atoms with Gasteiger partial charge >= 0.3 is 0 Å². The summed E-state index contributed by atoms with van der Waals surface area (Å²) in [6.07, 6.45) is 3.10. The van der Waals surface area contributed by atoms with Crippen LogP contribution in [-0.4, -0.2) is 28.0 Å². The Labute approximate surface area is 110 Å². The van der Waals surface area contributed by atoms with Gasteiger partial charge in [0.25, 0.3) is 0 Å². The molecule has 1 aromatic heterocycles. The SMILES string of the molecule is N#Cc1ccc(C2(Cn3cncn3)OCCO2)cc1. The van der Waals surface area contributed by atoms with E-state index < -0.39 is 5.79 Å². The van der Waals surface area contributed by atoms with Crippen LogP contribution >= 0.6 is 0 Å². The Morgan fingerprint density at radius 3 is 2.58 bits per heavy atom. The average Bonchev–Trinajstić information content (AvgIpc) is 3.12. The van der Waals surface area contributed by atoms with E-state index in [9.17, 15) is 0 Å². The molecule has 1 fully saturated rings. The van der Waals surface area contributed by atoms with Crippen LogP contribution in [0.5, 0.6) is 0 Å². The zero-order chi connectivity index (χ0) is 13.1. The Morgan fingerprint density at radius 2 is 2.00 bits per heavy atom. The summed E-state index contributed by atoms with van der Waals surface area (Å²) >= 11 is 0. The number of aromatic nitrogens is 3. The van der Waals surface area contributed by atoms with Gasteiger partial charge in [-0.3, -0.25) is 0 Å². The minimum absolute atomic E-state index is 0.429. The van der Waals surface area contributed by atoms with E-state index >= 15 is 0 Å². The van der Waals surface area contributed by atoms with Crippen molar-refractivity contribution >= 4 is 0 Å². The van der Waals surface area contributed by atoms with E-state index in [0.717, 1.165) is 5.56 Å². The number of benzene rings is 1. The number of nitrogens with zero attached hydrogens (tertiary/aromatic N) is 4. The maximum absolute atomic E-state index is 8.83. The predicted octanol–water partition coefficient (Wildman–Crippen LogP) is 1.05. The van der Waals surface area contributed by atoms with Crippen molar-refractivity contribution in [1.29, 1.82) is 5.26 Å². The van der Waals surface area contributed by atoms with Crippen LogP contribution in [0, 0.1) is 11.3 Å². The molecule has 0 N–H and O–H groups in total. The molecule has 0 spiro atoms. The Hall–Kier alpha value is -2.23. The highest BCUT2D eigenvalue weighted by molar-refractivity contribution is 5.33. The van der Waals surface area contributed by atoms with Crippen molar-refractivity contribution in [1.82, 2.24) is 14.8 Å². The molecule has 96 valence electrons. The van der Waals surface area contributed by atoms with Crippen LogP contribution in [0.15, 0.2) is 36.9 Å². The minimum atomic E-state index is -0.846. The average molecular weight is 256 g/mol. The third-order valence-electron chi connectivity index (χ3n) is 3.04. The normalized spacial score (nSPS) is 17.2. The highest BCUT2D eigenvalue weighted by Gasteiger charge is 2.39. The van der Waals surface area contributed by atoms with E-state index in [1.165, 1.54) is 6.33 Å². The first-order valence-electron chi connectivity index (χ1n) is 5.93. The molecule has 2 aromatic rings. The molecule has 0 bridgehead atoms. The highest BCUT2D eigenvalue weighted by Crippen LogP contribution is 2.33. The number of rotatable bonds is 3. The second-order valence-electron chi connectivity index (χ2n) is 4.23. The van der Waals surface area contributed by atoms with Crippen LogP contribution in [0.3, 0.4) is 0 Å². The third kappa shape index (κ3) is 2.21. The molecular weight excluding hydrogens is 244 g/mol. The lowest BCUT2D eigenvalue weighted by molar-refractivity contribution is -0.177. The Balaban J connectivity index is 1.93. The van der Waals surface area contributed by atoms with Crippen LogP contribution in [-0.2, 0) is 21.8 Å². The largest absolute Gasteiger partial charge is 0.342 e. The Morgan fingerprint density at radius 1 is 1.26 bits per heavy atom. The molecule has 0 atom stereocenters. The zero-order valence-electron chi connectivity index (χ0n) is 10.2. The summed E-state index contributed by atoms with van der Waals surface area (Å²) in [6.45, 7) is 1.50. The summed E-state index contributed by atoms with van der Waals surface area (Å²) in [5.41, 5.74) is 1.48. The van der Waals surface area contributed by atoms with E-state index in [4.69, 9.17) is 14.7 Å². The molecule has 0 radical (unpaired) electrons. The molecule has 1 aliphatic heterocycles. The lowest BCUT2D eigenvalue weighted by Crippen LogP contribution is -2.33. The summed E-state index contributed by atoms with van der Waals surface area (Å²) in [5, 5.41) is 12.9. The molecule has 1 saturated heterocycles. The van der Waals surface area contributed by atoms with Crippen molar-refractivity contribution in [2.45, 2.75) is 12.3 Å². The second kappa shape index (κ2) is 4.80. The van der Waals surface area contributed by atoms with Gasteiger partial charge in [0.15, 0.2) is 0 Å². The van der Waals surface area contributed by atoms with Crippen molar-refractivity contribution in [3.8, 4) is 6.07 Å². The van der Waals surface area contributed by atoms with Gasteiger partial charge in [0.1, 0.15) is 19.2 Å². The molecule has 1 aliphatic rings. The number of nitriles is 1. The molecule has 6 heteroatoms.